The van der Waals surface area contributed by atoms with E-state index in [-0.39, 0.29) is 0 Å². The smallest absolute Gasteiger partial charge is 0.0804 e. The van der Waals surface area contributed by atoms with E-state index < -0.39 is 5.60 Å². The van der Waals surface area contributed by atoms with Gasteiger partial charge in [-0.25, -0.2) is 0 Å². The second-order valence-corrected chi connectivity index (χ2v) is 6.02. The third kappa shape index (κ3) is 3.46. The zero-order chi connectivity index (χ0) is 12.2. The van der Waals surface area contributed by atoms with Crippen molar-refractivity contribution in [2.24, 2.45) is 17.8 Å². The first-order chi connectivity index (χ1) is 7.49. The van der Waals surface area contributed by atoms with Gasteiger partial charge < -0.3 is 10.4 Å². The van der Waals surface area contributed by atoms with Crippen molar-refractivity contribution in [2.75, 3.05) is 13.1 Å². The molecule has 1 saturated carbocycles. The Labute approximate surface area is 101 Å². The summed E-state index contributed by atoms with van der Waals surface area (Å²) in [5.41, 5.74) is -0.471. The molecule has 1 rings (SSSR count). The number of hydrogen-bond donors (Lipinski definition) is 2. The standard InChI is InChI=1S/C14H29NO/c1-5-8-15-10-14(16)9-12(4)6-7-13(14)11(2)3/h11-13,15-16H,5-10H2,1-4H3. The van der Waals surface area contributed by atoms with E-state index in [9.17, 15) is 5.11 Å². The molecule has 3 unspecified atom stereocenters. The quantitative estimate of drug-likeness (QED) is 0.708. The van der Waals surface area contributed by atoms with Crippen molar-refractivity contribution in [2.45, 2.75) is 59.0 Å². The van der Waals surface area contributed by atoms with E-state index in [1.807, 2.05) is 0 Å². The SMILES string of the molecule is CCCNCC1(O)CC(C)CCC1C(C)C. The summed E-state index contributed by atoms with van der Waals surface area (Å²) in [6.07, 6.45) is 4.56. The molecule has 0 spiro atoms. The predicted molar refractivity (Wildman–Crippen MR) is 69.5 cm³/mol. The van der Waals surface area contributed by atoms with Crippen molar-refractivity contribution in [3.8, 4) is 0 Å². The Bertz CT molecular complexity index is 205. The Morgan fingerprint density at radius 2 is 2.06 bits per heavy atom. The maximum Gasteiger partial charge on any atom is 0.0804 e. The fraction of sp³-hybridized carbons (Fsp3) is 1.00. The van der Waals surface area contributed by atoms with Crippen molar-refractivity contribution < 1.29 is 5.11 Å². The van der Waals surface area contributed by atoms with Gasteiger partial charge in [0.15, 0.2) is 0 Å². The lowest BCUT2D eigenvalue weighted by Crippen LogP contribution is -2.52. The molecule has 0 radical (unpaired) electrons. The van der Waals surface area contributed by atoms with E-state index in [2.05, 4.69) is 33.0 Å². The number of hydrogen-bond acceptors (Lipinski definition) is 2. The van der Waals surface area contributed by atoms with Crippen LogP contribution in [-0.2, 0) is 0 Å². The minimum absolute atomic E-state index is 0.466. The molecule has 2 N–H and O–H groups in total. The van der Waals surface area contributed by atoms with Crippen LogP contribution < -0.4 is 5.32 Å². The molecule has 0 heterocycles. The van der Waals surface area contributed by atoms with Gasteiger partial charge in [0.25, 0.3) is 0 Å². The van der Waals surface area contributed by atoms with Gasteiger partial charge in [-0.2, -0.15) is 0 Å². The molecule has 0 aromatic carbocycles. The molecular formula is C14H29NO. The highest BCUT2D eigenvalue weighted by molar-refractivity contribution is 4.94. The Hall–Kier alpha value is -0.0800. The summed E-state index contributed by atoms with van der Waals surface area (Å²) >= 11 is 0. The van der Waals surface area contributed by atoms with Crippen LogP contribution in [0.4, 0.5) is 0 Å². The lowest BCUT2D eigenvalue weighted by atomic mass is 9.67. The fourth-order valence-electron chi connectivity index (χ4n) is 3.23. The molecule has 0 saturated heterocycles. The predicted octanol–water partition coefficient (Wildman–Crippen LogP) is 2.81. The first-order valence-corrected chi connectivity index (χ1v) is 6.92. The van der Waals surface area contributed by atoms with Gasteiger partial charge in [0.1, 0.15) is 0 Å². The molecule has 96 valence electrons. The Balaban J connectivity index is 2.60. The van der Waals surface area contributed by atoms with Gasteiger partial charge in [-0.3, -0.25) is 0 Å². The average Bonchev–Trinajstić information content (AvgIpc) is 2.16. The van der Waals surface area contributed by atoms with E-state index in [1.54, 1.807) is 0 Å². The molecule has 1 aliphatic rings. The summed E-state index contributed by atoms with van der Waals surface area (Å²) in [4.78, 5) is 0. The maximum atomic E-state index is 10.8. The monoisotopic (exact) mass is 227 g/mol. The van der Waals surface area contributed by atoms with Gasteiger partial charge in [0, 0.05) is 6.54 Å². The Morgan fingerprint density at radius 1 is 1.38 bits per heavy atom. The topological polar surface area (TPSA) is 32.3 Å². The normalized spacial score (nSPS) is 35.6. The molecule has 0 amide bonds. The van der Waals surface area contributed by atoms with Crippen molar-refractivity contribution in [3.63, 3.8) is 0 Å². The number of rotatable bonds is 5. The number of aliphatic hydroxyl groups is 1. The second-order valence-electron chi connectivity index (χ2n) is 6.02. The highest BCUT2D eigenvalue weighted by Crippen LogP contribution is 2.40. The van der Waals surface area contributed by atoms with Crippen molar-refractivity contribution in [3.05, 3.63) is 0 Å². The van der Waals surface area contributed by atoms with Crippen molar-refractivity contribution in [1.82, 2.24) is 5.32 Å². The van der Waals surface area contributed by atoms with Crippen LogP contribution in [0.1, 0.15) is 53.4 Å². The van der Waals surface area contributed by atoms with Gasteiger partial charge in [-0.1, -0.05) is 34.1 Å². The molecular weight excluding hydrogens is 198 g/mol. The Kier molecular flexibility index (Phi) is 5.26. The highest BCUT2D eigenvalue weighted by Gasteiger charge is 2.42. The maximum absolute atomic E-state index is 10.8. The van der Waals surface area contributed by atoms with E-state index in [1.165, 1.54) is 12.8 Å². The zero-order valence-electron chi connectivity index (χ0n) is 11.4. The third-order valence-corrected chi connectivity index (χ3v) is 4.03. The molecule has 2 nitrogen and oxygen atoms in total. The molecule has 0 aromatic rings. The Morgan fingerprint density at radius 3 is 2.62 bits per heavy atom. The molecule has 2 heteroatoms. The molecule has 16 heavy (non-hydrogen) atoms. The zero-order valence-corrected chi connectivity index (χ0v) is 11.4. The van der Waals surface area contributed by atoms with Crippen molar-refractivity contribution in [1.29, 1.82) is 0 Å². The van der Waals surface area contributed by atoms with Crippen LogP contribution in [0.5, 0.6) is 0 Å². The van der Waals surface area contributed by atoms with Gasteiger partial charge in [0.05, 0.1) is 5.60 Å². The van der Waals surface area contributed by atoms with Crippen LogP contribution in [0.2, 0.25) is 0 Å². The average molecular weight is 227 g/mol. The fourth-order valence-corrected chi connectivity index (χ4v) is 3.23. The van der Waals surface area contributed by atoms with Crippen LogP contribution in [0.15, 0.2) is 0 Å². The van der Waals surface area contributed by atoms with Crippen LogP contribution in [0, 0.1) is 17.8 Å². The van der Waals surface area contributed by atoms with Gasteiger partial charge >= 0.3 is 0 Å². The minimum Gasteiger partial charge on any atom is -0.388 e. The number of nitrogens with one attached hydrogen (secondary N) is 1. The molecule has 0 aliphatic heterocycles. The van der Waals surface area contributed by atoms with E-state index in [4.69, 9.17) is 0 Å². The lowest BCUT2D eigenvalue weighted by Gasteiger charge is -2.45. The van der Waals surface area contributed by atoms with E-state index in [0.717, 1.165) is 25.9 Å². The summed E-state index contributed by atoms with van der Waals surface area (Å²) in [6.45, 7) is 10.7. The summed E-state index contributed by atoms with van der Waals surface area (Å²) < 4.78 is 0. The van der Waals surface area contributed by atoms with Crippen LogP contribution in [0.25, 0.3) is 0 Å². The summed E-state index contributed by atoms with van der Waals surface area (Å²) in [7, 11) is 0. The second kappa shape index (κ2) is 6.02. The largest absolute Gasteiger partial charge is 0.388 e. The third-order valence-electron chi connectivity index (χ3n) is 4.03. The molecule has 1 aliphatic carbocycles. The molecule has 0 aromatic heterocycles. The summed E-state index contributed by atoms with van der Waals surface area (Å²) in [5, 5.41) is 14.2. The lowest BCUT2D eigenvalue weighted by molar-refractivity contribution is -0.0778. The summed E-state index contributed by atoms with van der Waals surface area (Å²) in [5.74, 6) is 1.72. The minimum atomic E-state index is -0.471. The highest BCUT2D eigenvalue weighted by atomic mass is 16.3. The first kappa shape index (κ1) is 14.0. The van der Waals surface area contributed by atoms with E-state index >= 15 is 0 Å². The van der Waals surface area contributed by atoms with Gasteiger partial charge in [0.2, 0.25) is 0 Å². The van der Waals surface area contributed by atoms with Crippen LogP contribution >= 0.6 is 0 Å². The first-order valence-electron chi connectivity index (χ1n) is 6.92. The van der Waals surface area contributed by atoms with Gasteiger partial charge in [-0.05, 0) is 43.6 Å². The molecule has 1 fully saturated rings. The van der Waals surface area contributed by atoms with Crippen LogP contribution in [0.3, 0.4) is 0 Å². The van der Waals surface area contributed by atoms with Crippen molar-refractivity contribution >= 4 is 0 Å². The van der Waals surface area contributed by atoms with Crippen LogP contribution in [-0.4, -0.2) is 23.8 Å². The van der Waals surface area contributed by atoms with E-state index in [0.29, 0.717) is 17.8 Å². The summed E-state index contributed by atoms with van der Waals surface area (Å²) in [6, 6.07) is 0. The molecule has 0 bridgehead atoms. The van der Waals surface area contributed by atoms with Gasteiger partial charge in [-0.15, -0.1) is 0 Å². The molecule has 3 atom stereocenters.